The van der Waals surface area contributed by atoms with Crippen molar-refractivity contribution in [1.82, 2.24) is 25.3 Å². The molecule has 2 amide bonds. The molecule has 0 bridgehead atoms. The molecule has 0 unspecified atom stereocenters. The Balaban J connectivity index is 1.43. The second kappa shape index (κ2) is 7.80. The van der Waals surface area contributed by atoms with Crippen LogP contribution >= 0.6 is 11.6 Å². The number of hydrogen-bond donors (Lipinski definition) is 3. The molecule has 0 atom stereocenters. The van der Waals surface area contributed by atoms with Crippen molar-refractivity contribution in [3.63, 3.8) is 0 Å². The van der Waals surface area contributed by atoms with E-state index in [2.05, 4.69) is 26.0 Å². The Labute approximate surface area is 192 Å². The third kappa shape index (κ3) is 3.60. The number of amides is 2. The predicted octanol–water partition coefficient (Wildman–Crippen LogP) is 2.89. The van der Waals surface area contributed by atoms with E-state index in [1.807, 2.05) is 0 Å². The number of nitrogens with zero attached hydrogens (tertiary/aromatic N) is 3. The Bertz CT molecular complexity index is 1300. The molecule has 2 aromatic heterocycles. The lowest BCUT2D eigenvalue weighted by atomic mass is 10.1. The molecule has 1 aromatic carbocycles. The lowest BCUT2D eigenvalue weighted by Gasteiger charge is -2.14. The van der Waals surface area contributed by atoms with Crippen LogP contribution in [0.25, 0.3) is 0 Å². The molecule has 33 heavy (non-hydrogen) atoms. The van der Waals surface area contributed by atoms with Crippen molar-refractivity contribution < 1.29 is 18.8 Å². The maximum absolute atomic E-state index is 13.9. The molecule has 3 N–H and O–H groups in total. The van der Waals surface area contributed by atoms with E-state index in [0.717, 1.165) is 0 Å². The number of rotatable bonds is 6. The lowest BCUT2D eigenvalue weighted by molar-refractivity contribution is -0.118. The van der Waals surface area contributed by atoms with E-state index < -0.39 is 29.0 Å². The fourth-order valence-corrected chi connectivity index (χ4v) is 4.63. The maximum atomic E-state index is 13.9. The number of hydrogen-bond acceptors (Lipinski definition) is 5. The largest absolute Gasteiger partial charge is 0.340 e. The van der Waals surface area contributed by atoms with Gasteiger partial charge in [0.05, 0.1) is 22.3 Å². The molecule has 1 fully saturated rings. The minimum atomic E-state index is -0.822. The number of Topliss-reactive ketones (excluding diaryl/α,β-unsaturated/α-hetero) is 1. The summed E-state index contributed by atoms with van der Waals surface area (Å²) in [5.74, 6) is -2.65. The van der Waals surface area contributed by atoms with Gasteiger partial charge in [0.1, 0.15) is 17.2 Å². The molecular formula is C22H20ClFN6O3. The summed E-state index contributed by atoms with van der Waals surface area (Å²) < 4.78 is 15.5. The third-order valence-electron chi connectivity index (χ3n) is 6.19. The summed E-state index contributed by atoms with van der Waals surface area (Å²) >= 11 is 6.51. The highest BCUT2D eigenvalue weighted by atomic mass is 35.5. The van der Waals surface area contributed by atoms with Crippen molar-refractivity contribution in [3.8, 4) is 0 Å². The molecule has 11 heteroatoms. The summed E-state index contributed by atoms with van der Waals surface area (Å²) in [5.41, 5.74) is 1.25. The summed E-state index contributed by atoms with van der Waals surface area (Å²) in [6.07, 6.45) is 4.02. The van der Waals surface area contributed by atoms with Crippen LogP contribution in [0.15, 0.2) is 24.4 Å². The molecule has 2 aliphatic rings. The number of aryl methyl sites for hydroxylation is 1. The number of benzene rings is 1. The highest BCUT2D eigenvalue weighted by molar-refractivity contribution is 6.48. The standard InChI is InChI=1S/C22H20ClFN6O3/c1-11-4-5-12(9-13(11)24)26-20(32)16-14-3-2-8-30(14)18(17(16)23)19(31)21(33)27-22(6-7-22)15-10-25-29-28-15/h4-5,9-10H,2-3,6-8H2,1H3,(H,26,32)(H,27,33)(H,25,28,29). The van der Waals surface area contributed by atoms with Crippen LogP contribution in [0, 0.1) is 12.7 Å². The molecule has 3 heterocycles. The monoisotopic (exact) mass is 470 g/mol. The Hall–Kier alpha value is -3.53. The third-order valence-corrected chi connectivity index (χ3v) is 6.56. The van der Waals surface area contributed by atoms with Gasteiger partial charge >= 0.3 is 0 Å². The van der Waals surface area contributed by atoms with Crippen LogP contribution in [0.2, 0.25) is 5.02 Å². The number of fused-ring (bicyclic) bond motifs is 1. The van der Waals surface area contributed by atoms with Gasteiger partial charge in [0, 0.05) is 17.9 Å². The van der Waals surface area contributed by atoms with Gasteiger partial charge in [-0.25, -0.2) is 4.39 Å². The minimum Gasteiger partial charge on any atom is -0.340 e. The fraction of sp³-hybridized carbons (Fsp3) is 0.318. The molecule has 5 rings (SSSR count). The maximum Gasteiger partial charge on any atom is 0.294 e. The predicted molar refractivity (Wildman–Crippen MR) is 117 cm³/mol. The summed E-state index contributed by atoms with van der Waals surface area (Å²) in [5, 5.41) is 15.6. The molecule has 9 nitrogen and oxygen atoms in total. The van der Waals surface area contributed by atoms with E-state index in [1.165, 1.54) is 12.3 Å². The number of H-pyrrole nitrogens is 1. The second-order valence-corrected chi connectivity index (χ2v) is 8.76. The van der Waals surface area contributed by atoms with Gasteiger partial charge in [-0.05, 0) is 50.3 Å². The topological polar surface area (TPSA) is 122 Å². The number of aromatic nitrogens is 4. The van der Waals surface area contributed by atoms with Crippen LogP contribution in [0.1, 0.15) is 57.1 Å². The minimum absolute atomic E-state index is 0.0159. The van der Waals surface area contributed by atoms with Crippen LogP contribution in [0.5, 0.6) is 0 Å². The number of carbonyl (C=O) groups excluding carboxylic acids is 3. The SMILES string of the molecule is Cc1ccc(NC(=O)c2c(Cl)c(C(=O)C(=O)NC3(c4cn[nH]n4)CC3)n3c2CCC3)cc1F. The van der Waals surface area contributed by atoms with Gasteiger partial charge in [-0.3, -0.25) is 14.4 Å². The average Bonchev–Trinajstić information content (AvgIpc) is 3.14. The number of ketones is 1. The van der Waals surface area contributed by atoms with E-state index in [9.17, 15) is 18.8 Å². The summed E-state index contributed by atoms with van der Waals surface area (Å²) in [6, 6.07) is 4.35. The van der Waals surface area contributed by atoms with E-state index in [4.69, 9.17) is 11.6 Å². The van der Waals surface area contributed by atoms with Gasteiger partial charge in [-0.15, -0.1) is 0 Å². The highest BCUT2D eigenvalue weighted by Gasteiger charge is 2.49. The van der Waals surface area contributed by atoms with Crippen molar-refractivity contribution in [3.05, 3.63) is 63.4 Å². The highest BCUT2D eigenvalue weighted by Crippen LogP contribution is 2.44. The van der Waals surface area contributed by atoms with Crippen molar-refractivity contribution in [2.45, 2.75) is 44.7 Å². The second-order valence-electron chi connectivity index (χ2n) is 8.38. The van der Waals surface area contributed by atoms with Gasteiger partial charge in [-0.2, -0.15) is 15.4 Å². The van der Waals surface area contributed by atoms with Gasteiger partial charge in [0.25, 0.3) is 17.6 Å². The quantitative estimate of drug-likeness (QED) is 0.378. The Morgan fingerprint density at radius 2 is 2.06 bits per heavy atom. The molecule has 0 saturated heterocycles. The molecular weight excluding hydrogens is 451 g/mol. The first-order valence-corrected chi connectivity index (χ1v) is 10.9. The van der Waals surface area contributed by atoms with Gasteiger partial charge < -0.3 is 15.2 Å². The van der Waals surface area contributed by atoms with E-state index >= 15 is 0 Å². The van der Waals surface area contributed by atoms with Crippen molar-refractivity contribution in [2.75, 3.05) is 5.32 Å². The van der Waals surface area contributed by atoms with Gasteiger partial charge in [0.15, 0.2) is 0 Å². The molecule has 3 aromatic rings. The number of nitrogens with one attached hydrogen (secondary N) is 3. The summed E-state index contributed by atoms with van der Waals surface area (Å²) in [4.78, 5) is 39.0. The number of aromatic amines is 1. The number of anilines is 1. The average molecular weight is 471 g/mol. The van der Waals surface area contributed by atoms with E-state index in [1.54, 1.807) is 23.6 Å². The molecule has 170 valence electrons. The van der Waals surface area contributed by atoms with Crippen molar-refractivity contribution >= 4 is 34.9 Å². The van der Waals surface area contributed by atoms with E-state index in [-0.39, 0.29) is 22.0 Å². The van der Waals surface area contributed by atoms with Crippen LogP contribution in [-0.2, 0) is 23.3 Å². The molecule has 0 radical (unpaired) electrons. The van der Waals surface area contributed by atoms with Crippen molar-refractivity contribution in [1.29, 1.82) is 0 Å². The fourth-order valence-electron chi connectivity index (χ4n) is 4.25. The molecule has 1 saturated carbocycles. The summed E-state index contributed by atoms with van der Waals surface area (Å²) in [7, 11) is 0. The molecule has 0 spiro atoms. The normalized spacial score (nSPS) is 15.7. The molecule has 1 aliphatic carbocycles. The lowest BCUT2D eigenvalue weighted by Crippen LogP contribution is -2.40. The Morgan fingerprint density at radius 3 is 2.73 bits per heavy atom. The Morgan fingerprint density at radius 1 is 1.27 bits per heavy atom. The first kappa shape index (κ1) is 21.3. The van der Waals surface area contributed by atoms with Gasteiger partial charge in [-0.1, -0.05) is 17.7 Å². The zero-order chi connectivity index (χ0) is 23.3. The number of carbonyl (C=O) groups is 3. The summed E-state index contributed by atoms with van der Waals surface area (Å²) in [6.45, 7) is 2.08. The first-order chi connectivity index (χ1) is 15.8. The van der Waals surface area contributed by atoms with Crippen LogP contribution in [0.4, 0.5) is 10.1 Å². The number of halogens is 2. The zero-order valence-electron chi connectivity index (χ0n) is 17.7. The zero-order valence-corrected chi connectivity index (χ0v) is 18.4. The molecule has 1 aliphatic heterocycles. The van der Waals surface area contributed by atoms with Crippen LogP contribution in [-0.4, -0.2) is 37.6 Å². The van der Waals surface area contributed by atoms with Gasteiger partial charge in [0.2, 0.25) is 0 Å². The first-order valence-electron chi connectivity index (χ1n) is 10.5. The Kier molecular flexibility index (Phi) is 5.04. The smallest absolute Gasteiger partial charge is 0.294 e. The van der Waals surface area contributed by atoms with Crippen LogP contribution in [0.3, 0.4) is 0 Å². The van der Waals surface area contributed by atoms with E-state index in [0.29, 0.717) is 49.2 Å². The van der Waals surface area contributed by atoms with Crippen LogP contribution < -0.4 is 10.6 Å². The van der Waals surface area contributed by atoms with Crippen molar-refractivity contribution in [2.24, 2.45) is 0 Å².